The molecule has 28 heavy (non-hydrogen) atoms. The molecule has 0 atom stereocenters. The molecule has 6 nitrogen and oxygen atoms in total. The van der Waals surface area contributed by atoms with Crippen molar-refractivity contribution in [1.82, 2.24) is 4.98 Å². The standard InChI is InChI=1S/C19H16Cl2N4O2S/c1-11-3-2-4-12(7-11)23-18(27)25-19-24-14(10-28-19)9-17(26)22-13-5-6-15(20)16(21)8-13/h2-8,10H,9H2,1H3,(H,22,26)(H2,23,24,25,27). The highest BCUT2D eigenvalue weighted by molar-refractivity contribution is 7.14. The van der Waals surface area contributed by atoms with Crippen molar-refractivity contribution in [1.29, 1.82) is 0 Å². The van der Waals surface area contributed by atoms with Gasteiger partial charge in [0.2, 0.25) is 5.91 Å². The lowest BCUT2D eigenvalue weighted by Crippen LogP contribution is -2.19. The van der Waals surface area contributed by atoms with E-state index in [1.165, 1.54) is 11.3 Å². The fourth-order valence-electron chi connectivity index (χ4n) is 2.37. The largest absolute Gasteiger partial charge is 0.326 e. The van der Waals surface area contributed by atoms with Crippen molar-refractivity contribution in [3.63, 3.8) is 0 Å². The van der Waals surface area contributed by atoms with Crippen LogP contribution in [0.2, 0.25) is 10.0 Å². The second kappa shape index (κ2) is 9.05. The summed E-state index contributed by atoms with van der Waals surface area (Å²) >= 11 is 13.0. The molecule has 3 aromatic rings. The Morgan fingerprint density at radius 3 is 2.54 bits per heavy atom. The molecule has 2 aromatic carbocycles. The van der Waals surface area contributed by atoms with E-state index in [2.05, 4.69) is 20.9 Å². The second-order valence-corrected chi connectivity index (χ2v) is 7.62. The van der Waals surface area contributed by atoms with Crippen LogP contribution < -0.4 is 16.0 Å². The van der Waals surface area contributed by atoms with E-state index in [4.69, 9.17) is 23.2 Å². The third-order valence-electron chi connectivity index (χ3n) is 3.59. The van der Waals surface area contributed by atoms with E-state index in [9.17, 15) is 9.59 Å². The third kappa shape index (κ3) is 5.69. The van der Waals surface area contributed by atoms with Gasteiger partial charge >= 0.3 is 6.03 Å². The zero-order valence-corrected chi connectivity index (χ0v) is 17.1. The minimum absolute atomic E-state index is 0.0674. The number of thiazole rings is 1. The SMILES string of the molecule is Cc1cccc(NC(=O)Nc2nc(CC(=O)Nc3ccc(Cl)c(Cl)c3)cs2)c1. The molecule has 3 amide bonds. The van der Waals surface area contributed by atoms with Gasteiger partial charge < -0.3 is 10.6 Å². The average molecular weight is 435 g/mol. The number of anilines is 3. The molecule has 0 aliphatic heterocycles. The van der Waals surface area contributed by atoms with E-state index in [0.717, 1.165) is 5.56 Å². The number of halogens is 2. The van der Waals surface area contributed by atoms with Crippen molar-refractivity contribution in [2.45, 2.75) is 13.3 Å². The van der Waals surface area contributed by atoms with Crippen molar-refractivity contribution in [2.24, 2.45) is 0 Å². The molecule has 1 heterocycles. The van der Waals surface area contributed by atoms with Crippen LogP contribution in [0.15, 0.2) is 47.8 Å². The molecule has 0 saturated heterocycles. The summed E-state index contributed by atoms with van der Waals surface area (Å²) in [6.07, 6.45) is 0.0674. The fraction of sp³-hybridized carbons (Fsp3) is 0.105. The minimum atomic E-state index is -0.397. The molecule has 3 N–H and O–H groups in total. The van der Waals surface area contributed by atoms with E-state index < -0.39 is 6.03 Å². The summed E-state index contributed by atoms with van der Waals surface area (Å²) < 4.78 is 0. The Hall–Kier alpha value is -2.61. The first kappa shape index (κ1) is 20.1. The Labute approximate surface area is 175 Å². The van der Waals surface area contributed by atoms with Gasteiger partial charge in [0.25, 0.3) is 0 Å². The number of rotatable bonds is 5. The molecule has 3 rings (SSSR count). The monoisotopic (exact) mass is 434 g/mol. The maximum Gasteiger partial charge on any atom is 0.325 e. The van der Waals surface area contributed by atoms with Gasteiger partial charge in [0, 0.05) is 16.8 Å². The zero-order chi connectivity index (χ0) is 20.1. The lowest BCUT2D eigenvalue weighted by molar-refractivity contribution is -0.115. The maximum atomic E-state index is 12.2. The van der Waals surface area contributed by atoms with Gasteiger partial charge in [-0.15, -0.1) is 11.3 Å². The molecule has 1 aromatic heterocycles. The Morgan fingerprint density at radius 2 is 1.79 bits per heavy atom. The Balaban J connectivity index is 1.53. The molecule has 0 radical (unpaired) electrons. The Kier molecular flexibility index (Phi) is 6.51. The van der Waals surface area contributed by atoms with E-state index in [1.54, 1.807) is 29.6 Å². The highest BCUT2D eigenvalue weighted by Gasteiger charge is 2.11. The number of aryl methyl sites for hydroxylation is 1. The van der Waals surface area contributed by atoms with Crippen LogP contribution in [-0.2, 0) is 11.2 Å². The number of nitrogens with one attached hydrogen (secondary N) is 3. The first-order chi connectivity index (χ1) is 13.4. The molecule has 9 heteroatoms. The maximum absolute atomic E-state index is 12.2. The number of hydrogen-bond donors (Lipinski definition) is 3. The predicted molar refractivity (Wildman–Crippen MR) is 115 cm³/mol. The number of nitrogens with zero attached hydrogens (tertiary/aromatic N) is 1. The van der Waals surface area contributed by atoms with Crippen LogP contribution in [0.3, 0.4) is 0 Å². The molecular formula is C19H16Cl2N4O2S. The number of hydrogen-bond acceptors (Lipinski definition) is 4. The Morgan fingerprint density at radius 1 is 1.00 bits per heavy atom. The number of urea groups is 1. The lowest BCUT2D eigenvalue weighted by Gasteiger charge is -2.06. The first-order valence-electron chi connectivity index (χ1n) is 8.23. The number of carbonyl (C=O) groups is 2. The summed E-state index contributed by atoms with van der Waals surface area (Å²) in [6.45, 7) is 1.94. The average Bonchev–Trinajstić information content (AvgIpc) is 3.04. The van der Waals surface area contributed by atoms with E-state index in [0.29, 0.717) is 32.2 Å². The number of aromatic nitrogens is 1. The van der Waals surface area contributed by atoms with Crippen LogP contribution in [0.1, 0.15) is 11.3 Å². The highest BCUT2D eigenvalue weighted by Crippen LogP contribution is 2.25. The van der Waals surface area contributed by atoms with Crippen molar-refractivity contribution in [3.05, 3.63) is 69.1 Å². The number of benzene rings is 2. The van der Waals surface area contributed by atoms with Crippen molar-refractivity contribution >= 4 is 63.0 Å². The van der Waals surface area contributed by atoms with Crippen LogP contribution >= 0.6 is 34.5 Å². The molecule has 0 unspecified atom stereocenters. The van der Waals surface area contributed by atoms with Crippen molar-refractivity contribution in [2.75, 3.05) is 16.0 Å². The highest BCUT2D eigenvalue weighted by atomic mass is 35.5. The van der Waals surface area contributed by atoms with E-state index in [1.807, 2.05) is 25.1 Å². The molecule has 0 bridgehead atoms. The molecule has 0 aliphatic rings. The summed E-state index contributed by atoms with van der Waals surface area (Å²) in [6, 6.07) is 11.9. The summed E-state index contributed by atoms with van der Waals surface area (Å²) in [7, 11) is 0. The van der Waals surface area contributed by atoms with Crippen LogP contribution in [0.25, 0.3) is 0 Å². The van der Waals surface area contributed by atoms with Crippen LogP contribution in [0.5, 0.6) is 0 Å². The Bertz CT molecular complexity index is 1020. The van der Waals surface area contributed by atoms with Gasteiger partial charge in [-0.05, 0) is 42.8 Å². The fourth-order valence-corrected chi connectivity index (χ4v) is 3.37. The number of carbonyl (C=O) groups excluding carboxylic acids is 2. The van der Waals surface area contributed by atoms with Crippen molar-refractivity contribution in [3.8, 4) is 0 Å². The summed E-state index contributed by atoms with van der Waals surface area (Å²) in [5, 5.41) is 11.0. The van der Waals surface area contributed by atoms with Gasteiger partial charge in [-0.25, -0.2) is 9.78 Å². The first-order valence-corrected chi connectivity index (χ1v) is 9.86. The molecule has 0 saturated carbocycles. The van der Waals surface area contributed by atoms with Gasteiger partial charge in [-0.2, -0.15) is 0 Å². The molecule has 0 spiro atoms. The van der Waals surface area contributed by atoms with E-state index >= 15 is 0 Å². The smallest absolute Gasteiger partial charge is 0.325 e. The van der Waals surface area contributed by atoms with Gasteiger partial charge in [-0.1, -0.05) is 35.3 Å². The van der Waals surface area contributed by atoms with Gasteiger partial charge in [0.15, 0.2) is 5.13 Å². The quantitative estimate of drug-likeness (QED) is 0.489. The van der Waals surface area contributed by atoms with Gasteiger partial charge in [0.1, 0.15) is 0 Å². The van der Waals surface area contributed by atoms with Crippen LogP contribution in [0.4, 0.5) is 21.3 Å². The third-order valence-corrected chi connectivity index (χ3v) is 5.14. The van der Waals surface area contributed by atoms with Crippen molar-refractivity contribution < 1.29 is 9.59 Å². The molecule has 144 valence electrons. The zero-order valence-electron chi connectivity index (χ0n) is 14.8. The topological polar surface area (TPSA) is 83.1 Å². The van der Waals surface area contributed by atoms with E-state index in [-0.39, 0.29) is 12.3 Å². The second-order valence-electron chi connectivity index (χ2n) is 5.95. The normalized spacial score (nSPS) is 10.4. The van der Waals surface area contributed by atoms with Crippen LogP contribution in [-0.4, -0.2) is 16.9 Å². The predicted octanol–water partition coefficient (Wildman–Crippen LogP) is 5.58. The summed E-state index contributed by atoms with van der Waals surface area (Å²) in [5.41, 5.74) is 2.83. The van der Waals surface area contributed by atoms with Crippen LogP contribution in [0, 0.1) is 6.92 Å². The summed E-state index contributed by atoms with van der Waals surface area (Å²) in [4.78, 5) is 28.5. The molecule has 0 aliphatic carbocycles. The van der Waals surface area contributed by atoms with Gasteiger partial charge in [0.05, 0.1) is 22.2 Å². The minimum Gasteiger partial charge on any atom is -0.326 e. The molecule has 0 fully saturated rings. The lowest BCUT2D eigenvalue weighted by atomic mass is 10.2. The number of amides is 3. The summed E-state index contributed by atoms with van der Waals surface area (Å²) in [5.74, 6) is -0.251. The molecular weight excluding hydrogens is 419 g/mol. The van der Waals surface area contributed by atoms with Gasteiger partial charge in [-0.3, -0.25) is 10.1 Å².